The fourth-order valence-corrected chi connectivity index (χ4v) is 4.31. The number of oxazole rings is 1. The second-order valence-electron chi connectivity index (χ2n) is 7.97. The number of aliphatic hydroxyl groups excluding tert-OH is 3. The van der Waals surface area contributed by atoms with Crippen molar-refractivity contribution in [1.82, 2.24) is 9.47 Å². The van der Waals surface area contributed by atoms with Crippen LogP contribution in [0.25, 0.3) is 22.6 Å². The number of rotatable bonds is 7. The molecule has 0 saturated carbocycles. The topological polar surface area (TPSA) is 142 Å². The molecule has 4 rings (SSSR count). The number of likely N-dealkylation sites (tertiary alicyclic amines) is 1. The molecule has 2 heterocycles. The lowest BCUT2D eigenvalue weighted by atomic mass is 9.88. The van der Waals surface area contributed by atoms with Gasteiger partial charge in [0.05, 0.1) is 25.5 Å². The Morgan fingerprint density at radius 3 is 2.14 bits per heavy atom. The maximum atomic E-state index is 13.4. The van der Waals surface area contributed by atoms with Crippen LogP contribution in [0.1, 0.15) is 13.0 Å². The Balaban J connectivity index is 1.94. The number of hydrogen-bond acceptors (Lipinski definition) is 8. The van der Waals surface area contributed by atoms with Gasteiger partial charge in [-0.15, -0.1) is 0 Å². The minimum absolute atomic E-state index is 0.215. The standard InChI is InChI=1S/C25H24N2O8/c1-14(29)18(24(32)34-2)26-20(17(30)13-28)21(23(26)31)27-19(15-9-5-3-6-10-15)22(35-25(27)33)16-11-7-4-8-12-16/h3-12,17,20-21,28-30H,13H2,1-2H3/b18-14-/t17-,20+,21-/m1/s1. The van der Waals surface area contributed by atoms with E-state index in [1.54, 1.807) is 60.7 Å². The van der Waals surface area contributed by atoms with E-state index in [0.29, 0.717) is 16.8 Å². The number of aromatic nitrogens is 1. The van der Waals surface area contributed by atoms with Gasteiger partial charge in [0.2, 0.25) is 0 Å². The number of ether oxygens (including phenoxy) is 1. The summed E-state index contributed by atoms with van der Waals surface area (Å²) in [5.74, 6) is -2.95. The number of amides is 1. The van der Waals surface area contributed by atoms with Crippen LogP contribution in [0.5, 0.6) is 0 Å². The molecule has 2 aromatic carbocycles. The molecule has 10 heteroatoms. The van der Waals surface area contributed by atoms with Gasteiger partial charge in [-0.05, 0) is 6.92 Å². The molecule has 1 fully saturated rings. The molecule has 182 valence electrons. The van der Waals surface area contributed by atoms with Gasteiger partial charge < -0.3 is 24.5 Å². The molecule has 10 nitrogen and oxygen atoms in total. The van der Waals surface area contributed by atoms with Crippen LogP contribution in [0.15, 0.2) is 81.3 Å². The van der Waals surface area contributed by atoms with E-state index < -0.39 is 53.9 Å². The molecule has 0 radical (unpaired) electrons. The molecule has 0 spiro atoms. The quantitative estimate of drug-likeness (QED) is 0.201. The second kappa shape index (κ2) is 9.61. The van der Waals surface area contributed by atoms with Crippen LogP contribution in [0.3, 0.4) is 0 Å². The van der Waals surface area contributed by atoms with Gasteiger partial charge in [-0.25, -0.2) is 9.59 Å². The Hall–Kier alpha value is -4.15. The van der Waals surface area contributed by atoms with Gasteiger partial charge in [0.1, 0.15) is 17.9 Å². The Morgan fingerprint density at radius 1 is 1.06 bits per heavy atom. The molecule has 1 amide bonds. The third kappa shape index (κ3) is 4.02. The highest BCUT2D eigenvalue weighted by Crippen LogP contribution is 2.42. The van der Waals surface area contributed by atoms with Crippen molar-refractivity contribution in [3.63, 3.8) is 0 Å². The van der Waals surface area contributed by atoms with Crippen LogP contribution < -0.4 is 5.76 Å². The Labute approximate surface area is 199 Å². The van der Waals surface area contributed by atoms with Crippen LogP contribution in [-0.2, 0) is 14.3 Å². The van der Waals surface area contributed by atoms with E-state index in [4.69, 9.17) is 4.42 Å². The summed E-state index contributed by atoms with van der Waals surface area (Å²) < 4.78 is 11.4. The number of β-lactam (4-membered cyclic amide) rings is 1. The molecule has 1 aliphatic rings. The molecule has 1 aromatic heterocycles. The molecule has 1 saturated heterocycles. The minimum atomic E-state index is -1.55. The van der Waals surface area contributed by atoms with Crippen LogP contribution >= 0.6 is 0 Å². The summed E-state index contributed by atoms with van der Waals surface area (Å²) in [4.78, 5) is 39.7. The first kappa shape index (κ1) is 24.0. The van der Waals surface area contributed by atoms with E-state index in [-0.39, 0.29) is 5.76 Å². The maximum Gasteiger partial charge on any atom is 0.420 e. The summed E-state index contributed by atoms with van der Waals surface area (Å²) >= 11 is 0. The van der Waals surface area contributed by atoms with Gasteiger partial charge in [-0.1, -0.05) is 60.7 Å². The van der Waals surface area contributed by atoms with E-state index in [1.807, 2.05) is 0 Å². The number of aliphatic hydroxyl groups is 3. The third-order valence-electron chi connectivity index (χ3n) is 5.86. The van der Waals surface area contributed by atoms with Gasteiger partial charge in [0.15, 0.2) is 11.5 Å². The summed E-state index contributed by atoms with van der Waals surface area (Å²) in [6.45, 7) is 0.408. The van der Waals surface area contributed by atoms with E-state index in [9.17, 15) is 29.7 Å². The van der Waals surface area contributed by atoms with Crippen molar-refractivity contribution in [1.29, 1.82) is 0 Å². The Morgan fingerprint density at radius 2 is 1.63 bits per heavy atom. The molecule has 0 unspecified atom stereocenters. The molecule has 3 aromatic rings. The highest BCUT2D eigenvalue weighted by atomic mass is 16.5. The number of allylic oxidation sites excluding steroid dienone is 1. The first-order chi connectivity index (χ1) is 16.8. The zero-order chi connectivity index (χ0) is 25.3. The van der Waals surface area contributed by atoms with Crippen LogP contribution in [-0.4, -0.2) is 62.5 Å². The summed E-state index contributed by atoms with van der Waals surface area (Å²) in [7, 11) is 1.07. The number of benzene rings is 2. The number of methoxy groups -OCH3 is 1. The minimum Gasteiger partial charge on any atom is -0.510 e. The number of nitrogens with zero attached hydrogens (tertiary/aromatic N) is 2. The summed E-state index contributed by atoms with van der Waals surface area (Å²) in [5.41, 5.74) is 0.959. The Bertz CT molecular complexity index is 1320. The van der Waals surface area contributed by atoms with Crippen molar-refractivity contribution in [3.8, 4) is 22.6 Å². The maximum absolute atomic E-state index is 13.4. The first-order valence-electron chi connectivity index (χ1n) is 10.8. The van der Waals surface area contributed by atoms with E-state index in [1.165, 1.54) is 6.92 Å². The largest absolute Gasteiger partial charge is 0.510 e. The number of carbonyl (C=O) groups excluding carboxylic acids is 2. The SMILES string of the molecule is COC(=O)/C(=C(\C)O)N1C(=O)[C@H](n2c(-c3ccccc3)c(-c3ccccc3)oc2=O)[C@@H]1[C@H](O)CO. The molecular weight excluding hydrogens is 456 g/mol. The monoisotopic (exact) mass is 480 g/mol. The summed E-state index contributed by atoms with van der Waals surface area (Å²) in [5, 5.41) is 30.4. The highest BCUT2D eigenvalue weighted by Gasteiger charge is 2.57. The van der Waals surface area contributed by atoms with E-state index >= 15 is 0 Å². The molecule has 0 bridgehead atoms. The predicted octanol–water partition coefficient (Wildman–Crippen LogP) is 1.84. The van der Waals surface area contributed by atoms with Crippen molar-refractivity contribution in [3.05, 3.63) is 82.7 Å². The average molecular weight is 480 g/mol. The van der Waals surface area contributed by atoms with Crippen molar-refractivity contribution in [2.24, 2.45) is 0 Å². The van der Waals surface area contributed by atoms with E-state index in [2.05, 4.69) is 4.74 Å². The molecular formula is C25H24N2O8. The lowest BCUT2D eigenvalue weighted by Crippen LogP contribution is -2.67. The Kier molecular flexibility index (Phi) is 6.59. The lowest BCUT2D eigenvalue weighted by molar-refractivity contribution is -0.165. The summed E-state index contributed by atoms with van der Waals surface area (Å²) in [6.07, 6.45) is -1.55. The zero-order valence-corrected chi connectivity index (χ0v) is 19.0. The smallest absolute Gasteiger partial charge is 0.420 e. The van der Waals surface area contributed by atoms with Crippen LogP contribution in [0, 0.1) is 0 Å². The van der Waals surface area contributed by atoms with Gasteiger partial charge in [0.25, 0.3) is 5.91 Å². The molecule has 3 N–H and O–H groups in total. The fraction of sp³-hybridized carbons (Fsp3) is 0.240. The lowest BCUT2D eigenvalue weighted by Gasteiger charge is -2.48. The van der Waals surface area contributed by atoms with Crippen LogP contribution in [0.2, 0.25) is 0 Å². The average Bonchev–Trinajstić information content (AvgIpc) is 3.21. The van der Waals surface area contributed by atoms with Crippen molar-refractivity contribution >= 4 is 11.9 Å². The molecule has 35 heavy (non-hydrogen) atoms. The number of carbonyl (C=O) groups is 2. The highest BCUT2D eigenvalue weighted by molar-refractivity contribution is 6.00. The third-order valence-corrected chi connectivity index (χ3v) is 5.86. The van der Waals surface area contributed by atoms with Gasteiger partial charge in [-0.2, -0.15) is 0 Å². The van der Waals surface area contributed by atoms with Crippen molar-refractivity contribution < 1.29 is 34.1 Å². The van der Waals surface area contributed by atoms with Gasteiger partial charge >= 0.3 is 11.7 Å². The zero-order valence-electron chi connectivity index (χ0n) is 19.0. The summed E-state index contributed by atoms with van der Waals surface area (Å²) in [6, 6.07) is 15.0. The fourth-order valence-electron chi connectivity index (χ4n) is 4.31. The van der Waals surface area contributed by atoms with Crippen LogP contribution in [0.4, 0.5) is 0 Å². The van der Waals surface area contributed by atoms with E-state index in [0.717, 1.165) is 16.6 Å². The van der Waals surface area contributed by atoms with Crippen molar-refractivity contribution in [2.45, 2.75) is 25.1 Å². The second-order valence-corrected chi connectivity index (χ2v) is 7.97. The first-order valence-corrected chi connectivity index (χ1v) is 10.8. The molecule has 1 aliphatic heterocycles. The number of esters is 1. The normalized spacial score (nSPS) is 19.1. The van der Waals surface area contributed by atoms with Gasteiger partial charge in [0, 0.05) is 11.1 Å². The van der Waals surface area contributed by atoms with Gasteiger partial charge in [-0.3, -0.25) is 14.3 Å². The molecule has 3 atom stereocenters. The molecule has 0 aliphatic carbocycles. The predicted molar refractivity (Wildman–Crippen MR) is 124 cm³/mol. The van der Waals surface area contributed by atoms with Crippen molar-refractivity contribution in [2.75, 3.05) is 13.7 Å². The number of hydrogen-bond donors (Lipinski definition) is 3.